The van der Waals surface area contributed by atoms with Crippen LogP contribution in [-0.4, -0.2) is 23.0 Å². The van der Waals surface area contributed by atoms with E-state index in [-0.39, 0.29) is 17.2 Å². The highest BCUT2D eigenvalue weighted by Gasteiger charge is 2.18. The van der Waals surface area contributed by atoms with Crippen LogP contribution >= 0.6 is 11.8 Å². The summed E-state index contributed by atoms with van der Waals surface area (Å²) in [4.78, 5) is 39.9. The van der Waals surface area contributed by atoms with Crippen LogP contribution in [-0.2, 0) is 9.59 Å². The van der Waals surface area contributed by atoms with E-state index in [4.69, 9.17) is 4.74 Å². The molecule has 3 N–H and O–H groups in total. The first-order valence-corrected chi connectivity index (χ1v) is 15.3. The van der Waals surface area contributed by atoms with Crippen LogP contribution in [0.3, 0.4) is 0 Å². The third-order valence-electron chi connectivity index (χ3n) is 6.61. The fraction of sp³-hybridized carbons (Fsp3) is 0.0541. The summed E-state index contributed by atoms with van der Waals surface area (Å²) in [6.45, 7) is 1.78. The van der Waals surface area contributed by atoms with Gasteiger partial charge in [-0.05, 0) is 85.8 Å². The molecule has 3 amide bonds. The van der Waals surface area contributed by atoms with E-state index in [0.29, 0.717) is 22.7 Å². The second-order valence-electron chi connectivity index (χ2n) is 10.1. The molecule has 0 aromatic heterocycles. The highest BCUT2D eigenvalue weighted by Crippen LogP contribution is 2.28. The lowest BCUT2D eigenvalue weighted by molar-refractivity contribution is -0.115. The van der Waals surface area contributed by atoms with Crippen molar-refractivity contribution in [3.05, 3.63) is 156 Å². The molecule has 0 bridgehead atoms. The Bertz CT molecular complexity index is 1850. The third kappa shape index (κ3) is 8.93. The zero-order valence-electron chi connectivity index (χ0n) is 24.8. The molecular weight excluding hydrogens is 601 g/mol. The number of anilines is 2. The minimum Gasteiger partial charge on any atom is -0.457 e. The molecule has 1 atom stereocenters. The van der Waals surface area contributed by atoms with E-state index < -0.39 is 22.9 Å². The van der Waals surface area contributed by atoms with Crippen molar-refractivity contribution in [2.24, 2.45) is 0 Å². The van der Waals surface area contributed by atoms with Gasteiger partial charge in [0.15, 0.2) is 0 Å². The first kappa shape index (κ1) is 31.7. The van der Waals surface area contributed by atoms with Gasteiger partial charge >= 0.3 is 0 Å². The molecular formula is C37H30FN3O4S. The van der Waals surface area contributed by atoms with Crippen molar-refractivity contribution in [1.29, 1.82) is 0 Å². The molecule has 0 heterocycles. The summed E-state index contributed by atoms with van der Waals surface area (Å²) in [5.41, 5.74) is 1.42. The number of thioether (sulfide) groups is 1. The topological polar surface area (TPSA) is 96.5 Å². The Morgan fingerprint density at radius 3 is 2.09 bits per heavy atom. The van der Waals surface area contributed by atoms with E-state index >= 15 is 0 Å². The predicted octanol–water partition coefficient (Wildman–Crippen LogP) is 8.15. The van der Waals surface area contributed by atoms with E-state index in [1.165, 1.54) is 36.0 Å². The molecule has 230 valence electrons. The number of amides is 3. The van der Waals surface area contributed by atoms with Gasteiger partial charge in [0.25, 0.3) is 11.8 Å². The van der Waals surface area contributed by atoms with Gasteiger partial charge < -0.3 is 20.7 Å². The summed E-state index contributed by atoms with van der Waals surface area (Å²) in [5, 5.41) is 7.83. The van der Waals surface area contributed by atoms with Crippen LogP contribution in [0.1, 0.15) is 22.8 Å². The van der Waals surface area contributed by atoms with Crippen molar-refractivity contribution >= 4 is 46.9 Å². The summed E-state index contributed by atoms with van der Waals surface area (Å²) in [6, 6.07) is 37.9. The van der Waals surface area contributed by atoms with Crippen LogP contribution in [0.25, 0.3) is 6.08 Å². The minimum absolute atomic E-state index is 0.134. The number of benzene rings is 5. The highest BCUT2D eigenvalue weighted by molar-refractivity contribution is 8.00. The summed E-state index contributed by atoms with van der Waals surface area (Å²) in [6.07, 6.45) is 1.29. The predicted molar refractivity (Wildman–Crippen MR) is 180 cm³/mol. The maximum absolute atomic E-state index is 14.4. The Morgan fingerprint density at radius 2 is 1.37 bits per heavy atom. The van der Waals surface area contributed by atoms with Gasteiger partial charge in [-0.25, -0.2) is 4.39 Å². The van der Waals surface area contributed by atoms with E-state index in [1.54, 1.807) is 85.8 Å². The Morgan fingerprint density at radius 1 is 0.717 bits per heavy atom. The Kier molecular flexibility index (Phi) is 10.6. The standard InChI is InChI=1S/C37H30FN3O4S/c1-25(35(42)39-28-19-21-31(22-20-28)45-30-15-6-3-7-16-30)46-32-17-10-14-29(24-32)40-37(44)34(23-27-13-8-9-18-33(27)38)41-36(43)26-11-4-2-5-12-26/h2-25H,1H3,(H,39,42)(H,40,44)(H,41,43)/b34-23-. The van der Waals surface area contributed by atoms with Crippen LogP contribution < -0.4 is 20.7 Å². The number of rotatable bonds is 11. The number of carbonyl (C=O) groups excluding carboxylic acids is 3. The second kappa shape index (κ2) is 15.4. The zero-order valence-corrected chi connectivity index (χ0v) is 25.6. The molecule has 0 saturated heterocycles. The van der Waals surface area contributed by atoms with Gasteiger partial charge in [-0.1, -0.05) is 60.7 Å². The third-order valence-corrected chi connectivity index (χ3v) is 7.70. The van der Waals surface area contributed by atoms with Crippen molar-refractivity contribution in [2.75, 3.05) is 10.6 Å². The van der Waals surface area contributed by atoms with E-state index in [9.17, 15) is 18.8 Å². The largest absolute Gasteiger partial charge is 0.457 e. The molecule has 9 heteroatoms. The van der Waals surface area contributed by atoms with Gasteiger partial charge in [0.05, 0.1) is 5.25 Å². The number of hydrogen-bond acceptors (Lipinski definition) is 5. The van der Waals surface area contributed by atoms with Crippen molar-refractivity contribution < 1.29 is 23.5 Å². The van der Waals surface area contributed by atoms with Gasteiger partial charge in [-0.2, -0.15) is 0 Å². The fourth-order valence-electron chi connectivity index (χ4n) is 4.27. The molecule has 0 saturated carbocycles. The molecule has 0 spiro atoms. The summed E-state index contributed by atoms with van der Waals surface area (Å²) >= 11 is 1.32. The van der Waals surface area contributed by atoms with Gasteiger partial charge in [0, 0.05) is 27.4 Å². The van der Waals surface area contributed by atoms with Gasteiger partial charge in [-0.3, -0.25) is 14.4 Å². The van der Waals surface area contributed by atoms with Crippen LogP contribution in [0.2, 0.25) is 0 Å². The van der Waals surface area contributed by atoms with Gasteiger partial charge in [-0.15, -0.1) is 11.8 Å². The smallest absolute Gasteiger partial charge is 0.272 e. The molecule has 0 fully saturated rings. The van der Waals surface area contributed by atoms with E-state index in [1.807, 2.05) is 36.4 Å². The molecule has 0 aliphatic carbocycles. The summed E-state index contributed by atoms with van der Waals surface area (Å²) in [7, 11) is 0. The van der Waals surface area contributed by atoms with Crippen LogP contribution in [0.15, 0.2) is 144 Å². The molecule has 0 aliphatic rings. The first-order chi connectivity index (χ1) is 22.3. The van der Waals surface area contributed by atoms with Crippen molar-refractivity contribution in [1.82, 2.24) is 5.32 Å². The number of hydrogen-bond donors (Lipinski definition) is 3. The molecule has 5 rings (SSSR count). The second-order valence-corrected chi connectivity index (χ2v) is 11.5. The maximum Gasteiger partial charge on any atom is 0.272 e. The normalized spacial score (nSPS) is 11.7. The number of nitrogens with one attached hydrogen (secondary N) is 3. The van der Waals surface area contributed by atoms with Crippen LogP contribution in [0.4, 0.5) is 15.8 Å². The number of ether oxygens (including phenoxy) is 1. The average Bonchev–Trinajstić information content (AvgIpc) is 3.07. The van der Waals surface area contributed by atoms with E-state index in [0.717, 1.165) is 10.6 Å². The molecule has 5 aromatic carbocycles. The fourth-order valence-corrected chi connectivity index (χ4v) is 5.19. The van der Waals surface area contributed by atoms with Crippen molar-refractivity contribution in [3.8, 4) is 11.5 Å². The van der Waals surface area contributed by atoms with E-state index in [2.05, 4.69) is 16.0 Å². The van der Waals surface area contributed by atoms with Crippen molar-refractivity contribution in [2.45, 2.75) is 17.1 Å². The van der Waals surface area contributed by atoms with Crippen molar-refractivity contribution in [3.63, 3.8) is 0 Å². The lowest BCUT2D eigenvalue weighted by Gasteiger charge is -2.14. The minimum atomic E-state index is -0.639. The molecule has 7 nitrogen and oxygen atoms in total. The summed E-state index contributed by atoms with van der Waals surface area (Å²) < 4.78 is 20.3. The highest BCUT2D eigenvalue weighted by atomic mass is 32.2. The summed E-state index contributed by atoms with van der Waals surface area (Å²) in [5.74, 6) is -0.520. The van der Waals surface area contributed by atoms with Gasteiger partial charge in [0.2, 0.25) is 5.91 Å². The molecule has 5 aromatic rings. The van der Waals surface area contributed by atoms with Gasteiger partial charge in [0.1, 0.15) is 23.0 Å². The van der Waals surface area contributed by atoms with Crippen LogP contribution in [0, 0.1) is 5.82 Å². The molecule has 0 radical (unpaired) electrons. The number of halogens is 1. The lowest BCUT2D eigenvalue weighted by atomic mass is 10.1. The average molecular weight is 632 g/mol. The maximum atomic E-state index is 14.4. The Hall–Kier alpha value is -5.67. The van der Waals surface area contributed by atoms with Crippen LogP contribution in [0.5, 0.6) is 11.5 Å². The molecule has 46 heavy (non-hydrogen) atoms. The number of carbonyl (C=O) groups is 3. The zero-order chi connectivity index (χ0) is 32.3. The first-order valence-electron chi connectivity index (χ1n) is 14.4. The molecule has 1 unspecified atom stereocenters. The Balaban J connectivity index is 1.23. The quantitative estimate of drug-likeness (QED) is 0.101. The monoisotopic (exact) mass is 631 g/mol. The number of para-hydroxylation sites is 1. The lowest BCUT2D eigenvalue weighted by Crippen LogP contribution is -2.30. The molecule has 0 aliphatic heterocycles. The SMILES string of the molecule is CC(Sc1cccc(NC(=O)/C(=C/c2ccccc2F)NC(=O)c2ccccc2)c1)C(=O)Nc1ccc(Oc2ccccc2)cc1. The Labute approximate surface area is 270 Å².